The number of hydrogen-bond acceptors (Lipinski definition) is 5. The number of carbonyl (C=O) groups is 1. The summed E-state index contributed by atoms with van der Waals surface area (Å²) in [6.07, 6.45) is 2.90. The van der Waals surface area contributed by atoms with Gasteiger partial charge >= 0.3 is 0 Å². The highest BCUT2D eigenvalue weighted by Crippen LogP contribution is 2.31. The Morgan fingerprint density at radius 1 is 1.12 bits per heavy atom. The first-order valence-corrected chi connectivity index (χ1v) is 9.97. The van der Waals surface area contributed by atoms with Gasteiger partial charge in [-0.25, -0.2) is 4.99 Å². The van der Waals surface area contributed by atoms with Crippen LogP contribution in [0.2, 0.25) is 0 Å². The molecule has 25 heavy (non-hydrogen) atoms. The van der Waals surface area contributed by atoms with Gasteiger partial charge in [-0.15, -0.1) is 0 Å². The Balaban J connectivity index is 1.62. The molecule has 2 aromatic carbocycles. The smallest absolute Gasteiger partial charge is 0.244 e. The average Bonchev–Trinajstić information content (AvgIpc) is 3.00. The van der Waals surface area contributed by atoms with Crippen LogP contribution in [0.25, 0.3) is 6.08 Å². The molecule has 0 aliphatic carbocycles. The normalized spacial score (nSPS) is 15.5. The van der Waals surface area contributed by atoms with E-state index < -0.39 is 0 Å². The van der Waals surface area contributed by atoms with Gasteiger partial charge in [0.05, 0.1) is 0 Å². The lowest BCUT2D eigenvalue weighted by atomic mass is 10.2. The van der Waals surface area contributed by atoms with E-state index in [1.807, 2.05) is 60.7 Å². The number of hydrogen-bond donors (Lipinski definition) is 0. The topological polar surface area (TPSA) is 38.7 Å². The first-order chi connectivity index (χ1) is 12.2. The zero-order valence-electron chi connectivity index (χ0n) is 14.0. The summed E-state index contributed by atoms with van der Waals surface area (Å²) in [5.74, 6) is 1.79. The van der Waals surface area contributed by atoms with Crippen LogP contribution in [0.5, 0.6) is 5.75 Å². The van der Waals surface area contributed by atoms with Crippen molar-refractivity contribution in [2.75, 3.05) is 5.75 Å². The number of carbonyl (C=O) groups excluding carboxylic acids is 1. The van der Waals surface area contributed by atoms with Crippen molar-refractivity contribution in [2.45, 2.75) is 20.0 Å². The quantitative estimate of drug-likeness (QED) is 0.641. The number of aliphatic imine (C=N–C) groups is 1. The van der Waals surface area contributed by atoms with E-state index >= 15 is 0 Å². The van der Waals surface area contributed by atoms with Crippen LogP contribution in [-0.2, 0) is 11.4 Å². The zero-order valence-corrected chi connectivity index (χ0v) is 15.6. The molecule has 2 aromatic rings. The largest absolute Gasteiger partial charge is 0.489 e. The highest BCUT2D eigenvalue weighted by molar-refractivity contribution is 8.45. The molecule has 0 unspecified atom stereocenters. The molecule has 0 bridgehead atoms. The fourth-order valence-corrected chi connectivity index (χ4v) is 3.97. The van der Waals surface area contributed by atoms with E-state index in [0.717, 1.165) is 33.4 Å². The molecule has 0 atom stereocenters. The van der Waals surface area contributed by atoms with E-state index in [0.29, 0.717) is 12.3 Å². The maximum atomic E-state index is 12.0. The molecule has 1 aliphatic rings. The lowest BCUT2D eigenvalue weighted by molar-refractivity contribution is -0.107. The minimum absolute atomic E-state index is 0.0167. The first kappa shape index (κ1) is 17.8. The number of thioether (sulfide) groups is 2. The maximum Gasteiger partial charge on any atom is 0.244 e. The second-order valence-electron chi connectivity index (χ2n) is 5.49. The Morgan fingerprint density at radius 3 is 2.60 bits per heavy atom. The third-order valence-electron chi connectivity index (χ3n) is 3.46. The van der Waals surface area contributed by atoms with Gasteiger partial charge in [0.25, 0.3) is 0 Å². The molecule has 128 valence electrons. The number of nitrogens with zero attached hydrogens (tertiary/aromatic N) is 1. The number of benzene rings is 2. The number of ether oxygens (including phenoxy) is 1. The summed E-state index contributed by atoms with van der Waals surface area (Å²) in [6, 6.07) is 17.8. The average molecular weight is 370 g/mol. The van der Waals surface area contributed by atoms with Crippen molar-refractivity contribution in [3.63, 3.8) is 0 Å². The van der Waals surface area contributed by atoms with E-state index in [1.165, 1.54) is 11.8 Å². The van der Waals surface area contributed by atoms with Crippen LogP contribution >= 0.6 is 23.5 Å². The molecule has 0 saturated heterocycles. The monoisotopic (exact) mass is 369 g/mol. The van der Waals surface area contributed by atoms with Gasteiger partial charge in [0.1, 0.15) is 22.4 Å². The minimum Gasteiger partial charge on any atom is -0.489 e. The summed E-state index contributed by atoms with van der Waals surface area (Å²) in [4.78, 5) is 16.4. The Bertz CT molecular complexity index is 783. The summed E-state index contributed by atoms with van der Waals surface area (Å²) >= 11 is 2.86. The third-order valence-corrected chi connectivity index (χ3v) is 5.68. The summed E-state index contributed by atoms with van der Waals surface area (Å²) < 4.78 is 6.62. The van der Waals surface area contributed by atoms with Crippen LogP contribution in [-0.4, -0.2) is 15.2 Å². The minimum atomic E-state index is 0.0167. The van der Waals surface area contributed by atoms with Crippen LogP contribution in [0.3, 0.4) is 0 Å². The Labute approximate surface area is 156 Å². The van der Waals surface area contributed by atoms with Crippen molar-refractivity contribution in [3.05, 3.63) is 71.4 Å². The molecule has 0 amide bonds. The van der Waals surface area contributed by atoms with Gasteiger partial charge in [-0.1, -0.05) is 61.2 Å². The van der Waals surface area contributed by atoms with Crippen LogP contribution < -0.4 is 4.74 Å². The highest BCUT2D eigenvalue weighted by Gasteiger charge is 2.22. The molecule has 5 heteroatoms. The molecule has 0 fully saturated rings. The third kappa shape index (κ3) is 5.25. The fraction of sp³-hybridized carbons (Fsp3) is 0.200. The predicted molar refractivity (Wildman–Crippen MR) is 108 cm³/mol. The van der Waals surface area contributed by atoms with Gasteiger partial charge in [0.2, 0.25) is 5.12 Å². The molecule has 0 radical (unpaired) electrons. The van der Waals surface area contributed by atoms with Gasteiger partial charge in [0.15, 0.2) is 0 Å². The Hall–Kier alpha value is -1.98. The molecule has 1 heterocycles. The first-order valence-electron chi connectivity index (χ1n) is 8.17. The summed E-state index contributed by atoms with van der Waals surface area (Å²) in [7, 11) is 0. The fourth-order valence-electron chi connectivity index (χ4n) is 2.20. The zero-order chi connectivity index (χ0) is 17.5. The summed E-state index contributed by atoms with van der Waals surface area (Å²) in [6.45, 7) is 2.66. The van der Waals surface area contributed by atoms with Crippen LogP contribution in [0.4, 0.5) is 0 Å². The van der Waals surface area contributed by atoms with Gasteiger partial charge in [-0.3, -0.25) is 4.79 Å². The Kier molecular flexibility index (Phi) is 6.36. The highest BCUT2D eigenvalue weighted by atomic mass is 32.2. The van der Waals surface area contributed by atoms with E-state index in [4.69, 9.17) is 4.74 Å². The SMILES string of the molecule is CCCSC1=NC(=Cc2ccc(OCc3ccccc3)cc2)C(=O)S1. The lowest BCUT2D eigenvalue weighted by Crippen LogP contribution is -1.94. The standard InChI is InChI=1S/C20H19NO2S2/c1-2-12-24-20-21-18(19(22)25-20)13-15-8-10-17(11-9-15)23-14-16-6-4-3-5-7-16/h3-11,13H,2,12,14H2,1H3. The molecule has 0 aromatic heterocycles. The van der Waals surface area contributed by atoms with E-state index in [1.54, 1.807) is 11.8 Å². The van der Waals surface area contributed by atoms with Crippen molar-refractivity contribution in [3.8, 4) is 5.75 Å². The van der Waals surface area contributed by atoms with Crippen molar-refractivity contribution in [1.82, 2.24) is 0 Å². The molecular formula is C20H19NO2S2. The molecular weight excluding hydrogens is 350 g/mol. The second-order valence-corrected chi connectivity index (χ2v) is 7.79. The van der Waals surface area contributed by atoms with E-state index in [9.17, 15) is 4.79 Å². The number of rotatable bonds is 6. The van der Waals surface area contributed by atoms with Crippen molar-refractivity contribution in [1.29, 1.82) is 0 Å². The summed E-state index contributed by atoms with van der Waals surface area (Å²) in [5, 5.41) is 0.0167. The van der Waals surface area contributed by atoms with Crippen LogP contribution in [0.15, 0.2) is 65.3 Å². The second kappa shape index (κ2) is 8.92. The van der Waals surface area contributed by atoms with Gasteiger partial charge in [0, 0.05) is 0 Å². The van der Waals surface area contributed by atoms with Crippen LogP contribution in [0.1, 0.15) is 24.5 Å². The molecule has 0 N–H and O–H groups in total. The molecule has 3 rings (SSSR count). The van der Waals surface area contributed by atoms with Gasteiger partial charge in [-0.2, -0.15) is 0 Å². The Morgan fingerprint density at radius 2 is 1.88 bits per heavy atom. The van der Waals surface area contributed by atoms with E-state index in [-0.39, 0.29) is 5.12 Å². The maximum absolute atomic E-state index is 12.0. The molecule has 0 saturated carbocycles. The molecule has 0 spiro atoms. The molecule has 1 aliphatic heterocycles. The molecule has 3 nitrogen and oxygen atoms in total. The lowest BCUT2D eigenvalue weighted by Gasteiger charge is -2.06. The van der Waals surface area contributed by atoms with Gasteiger partial charge < -0.3 is 4.74 Å². The predicted octanol–water partition coefficient (Wildman–Crippen LogP) is 5.38. The van der Waals surface area contributed by atoms with E-state index in [2.05, 4.69) is 11.9 Å². The van der Waals surface area contributed by atoms with Crippen molar-refractivity contribution < 1.29 is 9.53 Å². The van der Waals surface area contributed by atoms with Gasteiger partial charge in [-0.05, 0) is 53.3 Å². The van der Waals surface area contributed by atoms with Crippen molar-refractivity contribution in [2.24, 2.45) is 4.99 Å². The van der Waals surface area contributed by atoms with Crippen molar-refractivity contribution >= 4 is 39.1 Å². The summed E-state index contributed by atoms with van der Waals surface area (Å²) in [5.41, 5.74) is 2.59. The van der Waals surface area contributed by atoms with Crippen LogP contribution in [0, 0.1) is 0 Å².